The average Bonchev–Trinajstić information content (AvgIpc) is 2.61. The second-order valence-corrected chi connectivity index (χ2v) is 5.21. The van der Waals surface area contributed by atoms with Crippen molar-refractivity contribution in [2.24, 2.45) is 0 Å². The molecule has 0 bridgehead atoms. The van der Waals surface area contributed by atoms with E-state index >= 15 is 0 Å². The Hall–Kier alpha value is -0.860. The highest BCUT2D eigenvalue weighted by Crippen LogP contribution is 2.25. The molecule has 86 valence electrons. The lowest BCUT2D eigenvalue weighted by Crippen LogP contribution is -2.36. The Morgan fingerprint density at radius 3 is 2.81 bits per heavy atom. The van der Waals surface area contributed by atoms with Crippen molar-refractivity contribution in [1.29, 1.82) is 0 Å². The molecule has 1 aliphatic heterocycles. The highest BCUT2D eigenvalue weighted by Gasteiger charge is 2.22. The van der Waals surface area contributed by atoms with E-state index in [2.05, 4.69) is 35.5 Å². The van der Waals surface area contributed by atoms with Crippen LogP contribution < -0.4 is 5.32 Å². The molecule has 0 atom stereocenters. The van der Waals surface area contributed by atoms with Gasteiger partial charge >= 0.3 is 0 Å². The topological polar surface area (TPSA) is 15.3 Å². The number of benzene rings is 1. The zero-order valence-corrected chi connectivity index (χ0v) is 10.00. The number of hydrogen-bond acceptors (Lipinski definition) is 2. The van der Waals surface area contributed by atoms with Gasteiger partial charge in [-0.2, -0.15) is 0 Å². The van der Waals surface area contributed by atoms with Crippen molar-refractivity contribution in [2.45, 2.75) is 44.9 Å². The molecule has 1 heterocycles. The molecule has 0 spiro atoms. The van der Waals surface area contributed by atoms with Crippen LogP contribution in [0.15, 0.2) is 18.2 Å². The minimum Gasteiger partial charge on any atom is -0.309 e. The molecule has 2 aliphatic rings. The summed E-state index contributed by atoms with van der Waals surface area (Å²) in [4.78, 5) is 2.51. The molecule has 0 saturated heterocycles. The fourth-order valence-electron chi connectivity index (χ4n) is 2.69. The molecule has 0 radical (unpaired) electrons. The molecule has 1 fully saturated rings. The molecule has 1 aromatic carbocycles. The molecule has 0 aromatic heterocycles. The van der Waals surface area contributed by atoms with Crippen molar-refractivity contribution in [3.63, 3.8) is 0 Å². The summed E-state index contributed by atoms with van der Waals surface area (Å²) in [6, 6.07) is 7.80. The summed E-state index contributed by atoms with van der Waals surface area (Å²) in [7, 11) is 2.26. The Morgan fingerprint density at radius 2 is 2.06 bits per heavy atom. The van der Waals surface area contributed by atoms with E-state index in [1.165, 1.54) is 36.0 Å². The fourth-order valence-corrected chi connectivity index (χ4v) is 2.69. The molecular formula is C14H20N2. The summed E-state index contributed by atoms with van der Waals surface area (Å²) in [5.41, 5.74) is 4.45. The first kappa shape index (κ1) is 10.3. The van der Waals surface area contributed by atoms with Gasteiger partial charge in [-0.1, -0.05) is 24.6 Å². The lowest BCUT2D eigenvalue weighted by atomic mass is 9.91. The third-order valence-electron chi connectivity index (χ3n) is 4.03. The van der Waals surface area contributed by atoms with Gasteiger partial charge in [0.2, 0.25) is 0 Å². The lowest BCUT2D eigenvalue weighted by Gasteiger charge is -2.34. The third-order valence-corrected chi connectivity index (χ3v) is 4.03. The zero-order chi connectivity index (χ0) is 11.0. The number of hydrogen-bond donors (Lipinski definition) is 1. The van der Waals surface area contributed by atoms with Crippen molar-refractivity contribution < 1.29 is 0 Å². The maximum absolute atomic E-state index is 3.40. The number of nitrogens with one attached hydrogen (secondary N) is 1. The van der Waals surface area contributed by atoms with E-state index in [-0.39, 0.29) is 0 Å². The van der Waals surface area contributed by atoms with Crippen LogP contribution in [0.3, 0.4) is 0 Å². The van der Waals surface area contributed by atoms with Gasteiger partial charge in [-0.3, -0.25) is 4.90 Å². The van der Waals surface area contributed by atoms with Gasteiger partial charge in [-0.15, -0.1) is 0 Å². The van der Waals surface area contributed by atoms with Crippen LogP contribution >= 0.6 is 0 Å². The highest BCUT2D eigenvalue weighted by atomic mass is 15.1. The van der Waals surface area contributed by atoms with E-state index in [4.69, 9.17) is 0 Å². The standard InChI is InChI=1S/C14H20N2/c1-16(14-3-2-4-14)10-11-5-6-12-8-15-9-13(12)7-11/h5-7,14-15H,2-4,8-10H2,1H3. The van der Waals surface area contributed by atoms with Crippen LogP contribution in [-0.4, -0.2) is 18.0 Å². The maximum Gasteiger partial charge on any atom is 0.0233 e. The SMILES string of the molecule is CN(Cc1ccc2c(c1)CNC2)C1CCC1. The van der Waals surface area contributed by atoms with Crippen molar-refractivity contribution in [3.05, 3.63) is 34.9 Å². The van der Waals surface area contributed by atoms with Crippen molar-refractivity contribution in [2.75, 3.05) is 7.05 Å². The van der Waals surface area contributed by atoms with Crippen LogP contribution in [0.4, 0.5) is 0 Å². The van der Waals surface area contributed by atoms with E-state index in [1.807, 2.05) is 0 Å². The van der Waals surface area contributed by atoms with E-state index in [9.17, 15) is 0 Å². The number of nitrogens with zero attached hydrogens (tertiary/aromatic N) is 1. The summed E-state index contributed by atoms with van der Waals surface area (Å²) in [6.07, 6.45) is 4.20. The van der Waals surface area contributed by atoms with E-state index in [1.54, 1.807) is 0 Å². The summed E-state index contributed by atoms with van der Waals surface area (Å²) >= 11 is 0. The molecule has 1 saturated carbocycles. The van der Waals surface area contributed by atoms with Crippen LogP contribution in [0.25, 0.3) is 0 Å². The number of rotatable bonds is 3. The summed E-state index contributed by atoms with van der Waals surface area (Å²) in [5.74, 6) is 0. The molecule has 3 rings (SSSR count). The quantitative estimate of drug-likeness (QED) is 0.834. The van der Waals surface area contributed by atoms with Crippen LogP contribution in [0.5, 0.6) is 0 Å². The molecule has 2 heteroatoms. The first-order valence-electron chi connectivity index (χ1n) is 6.34. The van der Waals surface area contributed by atoms with Gasteiger partial charge in [0.15, 0.2) is 0 Å². The van der Waals surface area contributed by atoms with Gasteiger partial charge in [0.1, 0.15) is 0 Å². The normalized spacial score (nSPS) is 19.9. The van der Waals surface area contributed by atoms with Crippen LogP contribution in [-0.2, 0) is 19.6 Å². The molecular weight excluding hydrogens is 196 g/mol. The Labute approximate surface area is 97.6 Å². The van der Waals surface area contributed by atoms with Gasteiger partial charge in [0, 0.05) is 25.7 Å². The second-order valence-electron chi connectivity index (χ2n) is 5.21. The summed E-state index contributed by atoms with van der Waals surface area (Å²) in [6.45, 7) is 3.21. The van der Waals surface area contributed by atoms with Crippen LogP contribution in [0, 0.1) is 0 Å². The molecule has 2 nitrogen and oxygen atoms in total. The predicted molar refractivity (Wildman–Crippen MR) is 66.1 cm³/mol. The van der Waals surface area contributed by atoms with E-state index < -0.39 is 0 Å². The summed E-state index contributed by atoms with van der Waals surface area (Å²) < 4.78 is 0. The van der Waals surface area contributed by atoms with Crippen LogP contribution in [0.2, 0.25) is 0 Å². The minimum absolute atomic E-state index is 0.839. The Kier molecular flexibility index (Phi) is 2.70. The van der Waals surface area contributed by atoms with E-state index in [0.717, 1.165) is 25.7 Å². The Bertz CT molecular complexity index is 382. The second kappa shape index (κ2) is 4.19. The summed E-state index contributed by atoms with van der Waals surface area (Å²) in [5, 5.41) is 3.40. The first-order valence-corrected chi connectivity index (χ1v) is 6.34. The molecule has 0 amide bonds. The molecule has 16 heavy (non-hydrogen) atoms. The van der Waals surface area contributed by atoms with Gasteiger partial charge in [0.25, 0.3) is 0 Å². The molecule has 0 unspecified atom stereocenters. The average molecular weight is 216 g/mol. The highest BCUT2D eigenvalue weighted by molar-refractivity contribution is 5.34. The lowest BCUT2D eigenvalue weighted by molar-refractivity contribution is 0.152. The number of fused-ring (bicyclic) bond motifs is 1. The smallest absolute Gasteiger partial charge is 0.0233 e. The van der Waals surface area contributed by atoms with Gasteiger partial charge in [-0.05, 0) is 36.6 Å². The maximum atomic E-state index is 3.40. The zero-order valence-electron chi connectivity index (χ0n) is 10.00. The largest absolute Gasteiger partial charge is 0.309 e. The Balaban J connectivity index is 1.69. The molecule has 1 aromatic rings. The van der Waals surface area contributed by atoms with Crippen molar-refractivity contribution in [3.8, 4) is 0 Å². The van der Waals surface area contributed by atoms with Gasteiger partial charge in [0.05, 0.1) is 0 Å². The Morgan fingerprint density at radius 1 is 1.25 bits per heavy atom. The van der Waals surface area contributed by atoms with Crippen molar-refractivity contribution in [1.82, 2.24) is 10.2 Å². The van der Waals surface area contributed by atoms with Crippen molar-refractivity contribution >= 4 is 0 Å². The van der Waals surface area contributed by atoms with Gasteiger partial charge < -0.3 is 5.32 Å². The first-order chi connectivity index (χ1) is 7.83. The molecule has 1 aliphatic carbocycles. The van der Waals surface area contributed by atoms with Gasteiger partial charge in [-0.25, -0.2) is 0 Å². The third kappa shape index (κ3) is 1.87. The molecule has 1 N–H and O–H groups in total. The minimum atomic E-state index is 0.839. The van der Waals surface area contributed by atoms with Crippen LogP contribution in [0.1, 0.15) is 36.0 Å². The fraction of sp³-hybridized carbons (Fsp3) is 0.571. The monoisotopic (exact) mass is 216 g/mol. The predicted octanol–water partition coefficient (Wildman–Crippen LogP) is 2.27. The van der Waals surface area contributed by atoms with E-state index in [0.29, 0.717) is 0 Å².